The quantitative estimate of drug-likeness (QED) is 0.353. The number of hydrogen-bond acceptors (Lipinski definition) is 4. The summed E-state index contributed by atoms with van der Waals surface area (Å²) in [6.07, 6.45) is 5.57. The van der Waals surface area contributed by atoms with E-state index in [2.05, 4.69) is 39.8 Å². The normalized spacial score (nSPS) is 21.6. The molecule has 1 saturated carbocycles. The molecule has 0 aliphatic heterocycles. The van der Waals surface area contributed by atoms with Crippen LogP contribution in [0.5, 0.6) is 0 Å². The Kier molecular flexibility index (Phi) is 10.0. The van der Waals surface area contributed by atoms with E-state index >= 15 is 0 Å². The number of nitrogens with zero attached hydrogens (tertiary/aromatic N) is 2. The Balaban J connectivity index is 0.00000264. The molecule has 0 aromatic carbocycles. The summed E-state index contributed by atoms with van der Waals surface area (Å²) in [6.45, 7) is 5.82. The topological polar surface area (TPSA) is 69.5 Å². The Morgan fingerprint density at radius 1 is 1.35 bits per heavy atom. The van der Waals surface area contributed by atoms with Crippen molar-refractivity contribution in [3.8, 4) is 0 Å². The van der Waals surface area contributed by atoms with Crippen molar-refractivity contribution < 1.29 is 5.11 Å². The van der Waals surface area contributed by atoms with E-state index in [1.165, 1.54) is 5.01 Å². The maximum Gasteiger partial charge on any atom is 0.191 e. The zero-order chi connectivity index (χ0) is 15.8. The van der Waals surface area contributed by atoms with Crippen molar-refractivity contribution in [3.05, 3.63) is 16.1 Å². The first-order valence-corrected chi connectivity index (χ1v) is 9.25. The summed E-state index contributed by atoms with van der Waals surface area (Å²) in [5.74, 6) is 0.884. The summed E-state index contributed by atoms with van der Waals surface area (Å²) in [7, 11) is 0. The predicted molar refractivity (Wildman–Crippen MR) is 108 cm³/mol. The fourth-order valence-electron chi connectivity index (χ4n) is 2.64. The van der Waals surface area contributed by atoms with E-state index in [1.54, 1.807) is 11.3 Å². The second kappa shape index (κ2) is 11.2. The van der Waals surface area contributed by atoms with Crippen LogP contribution in [0.25, 0.3) is 0 Å². The van der Waals surface area contributed by atoms with Gasteiger partial charge in [-0.15, -0.1) is 35.3 Å². The van der Waals surface area contributed by atoms with Gasteiger partial charge in [-0.1, -0.05) is 6.92 Å². The van der Waals surface area contributed by atoms with Crippen molar-refractivity contribution in [2.75, 3.05) is 13.1 Å². The van der Waals surface area contributed by atoms with Gasteiger partial charge < -0.3 is 15.7 Å². The van der Waals surface area contributed by atoms with Crippen LogP contribution in [0, 0.1) is 0 Å². The van der Waals surface area contributed by atoms with E-state index in [0.29, 0.717) is 6.04 Å². The molecule has 1 heterocycles. The third kappa shape index (κ3) is 7.34. The number of aliphatic imine (C=N–C) groups is 1. The molecule has 0 amide bonds. The van der Waals surface area contributed by atoms with Crippen LogP contribution >= 0.6 is 35.3 Å². The van der Waals surface area contributed by atoms with Crippen LogP contribution in [0.15, 0.2) is 10.4 Å². The predicted octanol–water partition coefficient (Wildman–Crippen LogP) is 2.72. The molecule has 1 aromatic rings. The third-order valence-corrected chi connectivity index (χ3v) is 4.96. The maximum atomic E-state index is 9.57. The third-order valence-electron chi connectivity index (χ3n) is 3.92. The summed E-state index contributed by atoms with van der Waals surface area (Å²) in [5.41, 5.74) is 1.14. The fraction of sp³-hybridized carbons (Fsp3) is 0.750. The molecule has 0 atom stereocenters. The minimum atomic E-state index is -0.116. The Hall–Kier alpha value is -0.410. The lowest BCUT2D eigenvalue weighted by Crippen LogP contribution is -2.45. The molecule has 3 N–H and O–H groups in total. The van der Waals surface area contributed by atoms with Gasteiger partial charge in [0.1, 0.15) is 0 Å². The number of aliphatic hydroxyl groups excluding tert-OH is 1. The molecule has 132 valence electrons. The lowest BCUT2D eigenvalue weighted by atomic mass is 9.93. The Labute approximate surface area is 160 Å². The molecule has 1 fully saturated rings. The number of nitrogens with one attached hydrogen (secondary N) is 2. The highest BCUT2D eigenvalue weighted by atomic mass is 127. The molecule has 0 radical (unpaired) electrons. The number of aliphatic hydroxyl groups is 1. The number of thiazole rings is 1. The maximum absolute atomic E-state index is 9.57. The van der Waals surface area contributed by atoms with Crippen molar-refractivity contribution in [2.45, 2.75) is 64.5 Å². The second-order valence-electron chi connectivity index (χ2n) is 5.75. The highest BCUT2D eigenvalue weighted by molar-refractivity contribution is 14.0. The number of rotatable bonds is 6. The van der Waals surface area contributed by atoms with Gasteiger partial charge in [-0.2, -0.15) is 0 Å². The Bertz CT molecular complexity index is 472. The van der Waals surface area contributed by atoms with E-state index in [1.807, 2.05) is 0 Å². The first-order chi connectivity index (χ1) is 10.7. The fourth-order valence-corrected chi connectivity index (χ4v) is 3.42. The van der Waals surface area contributed by atoms with Crippen LogP contribution < -0.4 is 10.6 Å². The summed E-state index contributed by atoms with van der Waals surface area (Å²) in [6, 6.07) is 0.423. The molecule has 1 aliphatic rings. The average Bonchev–Trinajstić information content (AvgIpc) is 2.98. The molecule has 1 aliphatic carbocycles. The van der Waals surface area contributed by atoms with E-state index in [-0.39, 0.29) is 30.1 Å². The van der Waals surface area contributed by atoms with Gasteiger partial charge in [0.25, 0.3) is 0 Å². The molecular formula is C16H29IN4OS. The Morgan fingerprint density at radius 2 is 2.09 bits per heavy atom. The van der Waals surface area contributed by atoms with Gasteiger partial charge in [0.15, 0.2) is 5.96 Å². The van der Waals surface area contributed by atoms with E-state index < -0.39 is 0 Å². The lowest BCUT2D eigenvalue weighted by molar-refractivity contribution is 0.120. The summed E-state index contributed by atoms with van der Waals surface area (Å²) < 4.78 is 0. The molecule has 0 spiro atoms. The number of hydrogen-bond donors (Lipinski definition) is 3. The number of halogens is 1. The van der Waals surface area contributed by atoms with Crippen LogP contribution in [0.2, 0.25) is 0 Å². The first kappa shape index (κ1) is 20.6. The zero-order valence-electron chi connectivity index (χ0n) is 14.0. The molecule has 2 rings (SSSR count). The molecule has 0 saturated heterocycles. The van der Waals surface area contributed by atoms with Crippen molar-refractivity contribution in [1.29, 1.82) is 0 Å². The largest absolute Gasteiger partial charge is 0.393 e. The number of aryl methyl sites for hydroxylation is 1. The molecule has 5 nitrogen and oxygen atoms in total. The van der Waals surface area contributed by atoms with Crippen molar-refractivity contribution in [3.63, 3.8) is 0 Å². The van der Waals surface area contributed by atoms with Gasteiger partial charge in [0.05, 0.1) is 16.8 Å². The van der Waals surface area contributed by atoms with Gasteiger partial charge in [-0.05, 0) is 39.0 Å². The van der Waals surface area contributed by atoms with Gasteiger partial charge in [0.2, 0.25) is 0 Å². The van der Waals surface area contributed by atoms with E-state index in [9.17, 15) is 5.11 Å². The zero-order valence-corrected chi connectivity index (χ0v) is 17.2. The molecule has 23 heavy (non-hydrogen) atoms. The standard InChI is InChI=1S/C16H28N4OS.HI/c1-3-15-19-13(11-22-15)9-10-18-16(17-4-2)20-12-5-7-14(21)8-6-12;/h11-12,14,21H,3-10H2,1-2H3,(H2,17,18,20);1H. The van der Waals surface area contributed by atoms with Crippen molar-refractivity contribution >= 4 is 41.3 Å². The summed E-state index contributed by atoms with van der Waals surface area (Å²) in [5, 5.41) is 19.7. The van der Waals surface area contributed by atoms with Crippen LogP contribution in [0.1, 0.15) is 50.2 Å². The van der Waals surface area contributed by atoms with Crippen LogP contribution in [-0.4, -0.2) is 41.3 Å². The SMILES string of the molecule is CCNC(=NCCc1csc(CC)n1)NC1CCC(O)CC1.I. The smallest absolute Gasteiger partial charge is 0.191 e. The minimum absolute atomic E-state index is 0. The van der Waals surface area contributed by atoms with Crippen LogP contribution in [0.4, 0.5) is 0 Å². The number of guanidine groups is 1. The molecular weight excluding hydrogens is 423 g/mol. The van der Waals surface area contributed by atoms with E-state index in [0.717, 1.165) is 63.3 Å². The monoisotopic (exact) mass is 452 g/mol. The summed E-state index contributed by atoms with van der Waals surface area (Å²) >= 11 is 1.73. The highest BCUT2D eigenvalue weighted by Gasteiger charge is 2.19. The van der Waals surface area contributed by atoms with Gasteiger partial charge in [-0.25, -0.2) is 4.98 Å². The first-order valence-electron chi connectivity index (χ1n) is 8.37. The van der Waals surface area contributed by atoms with Gasteiger partial charge in [-0.3, -0.25) is 4.99 Å². The number of aromatic nitrogens is 1. The Morgan fingerprint density at radius 3 is 2.70 bits per heavy atom. The van der Waals surface area contributed by atoms with Crippen LogP contribution in [0.3, 0.4) is 0 Å². The van der Waals surface area contributed by atoms with Crippen LogP contribution in [-0.2, 0) is 12.8 Å². The molecule has 7 heteroatoms. The molecule has 0 unspecified atom stereocenters. The molecule has 0 bridgehead atoms. The lowest BCUT2D eigenvalue weighted by Gasteiger charge is -2.27. The highest BCUT2D eigenvalue weighted by Crippen LogP contribution is 2.18. The summed E-state index contributed by atoms with van der Waals surface area (Å²) in [4.78, 5) is 9.23. The van der Waals surface area contributed by atoms with E-state index in [4.69, 9.17) is 0 Å². The molecule has 1 aromatic heterocycles. The second-order valence-corrected chi connectivity index (χ2v) is 6.69. The van der Waals surface area contributed by atoms with Crippen molar-refractivity contribution in [1.82, 2.24) is 15.6 Å². The van der Waals surface area contributed by atoms with Crippen molar-refractivity contribution in [2.24, 2.45) is 4.99 Å². The minimum Gasteiger partial charge on any atom is -0.393 e. The van der Waals surface area contributed by atoms with Gasteiger partial charge >= 0.3 is 0 Å². The average molecular weight is 452 g/mol. The van der Waals surface area contributed by atoms with Gasteiger partial charge in [0, 0.05) is 30.9 Å².